The van der Waals surface area contributed by atoms with E-state index in [1.54, 1.807) is 6.07 Å². The van der Waals surface area contributed by atoms with Crippen LogP contribution in [-0.4, -0.2) is 36.6 Å². The molecule has 1 aliphatic heterocycles. The van der Waals surface area contributed by atoms with E-state index in [0.717, 1.165) is 12.1 Å². The molecule has 0 N–H and O–H groups in total. The molecule has 3 rings (SSSR count). The summed E-state index contributed by atoms with van der Waals surface area (Å²) in [5, 5.41) is 0. The Bertz CT molecular complexity index is 751. The number of fused-ring (bicyclic) bond motifs is 1. The molecule has 0 saturated carbocycles. The van der Waals surface area contributed by atoms with Gasteiger partial charge in [-0.3, -0.25) is 4.79 Å². The molecular formula is C18H17F2NO3. The second-order valence-electron chi connectivity index (χ2n) is 5.47. The zero-order chi connectivity index (χ0) is 17.1. The molecule has 0 saturated heterocycles. The molecule has 2 aromatic carbocycles. The molecule has 126 valence electrons. The van der Waals surface area contributed by atoms with E-state index >= 15 is 0 Å². The molecule has 2 aromatic rings. The van der Waals surface area contributed by atoms with Crippen LogP contribution in [0, 0.1) is 11.6 Å². The van der Waals surface area contributed by atoms with Gasteiger partial charge in [-0.2, -0.15) is 0 Å². The molecule has 24 heavy (non-hydrogen) atoms. The van der Waals surface area contributed by atoms with E-state index in [-0.39, 0.29) is 17.6 Å². The molecule has 6 heteroatoms. The number of likely N-dealkylation sites (N-methyl/N-ethyl adjacent to an activating group) is 1. The number of ether oxygens (including phenoxy) is 2. The number of benzene rings is 2. The van der Waals surface area contributed by atoms with Gasteiger partial charge in [0.2, 0.25) is 0 Å². The maximum atomic E-state index is 13.3. The van der Waals surface area contributed by atoms with Crippen molar-refractivity contribution in [1.29, 1.82) is 0 Å². The van der Waals surface area contributed by atoms with Gasteiger partial charge in [0.05, 0.1) is 6.54 Å². The summed E-state index contributed by atoms with van der Waals surface area (Å²) in [5.41, 5.74) is 0.105. The second-order valence-corrected chi connectivity index (χ2v) is 5.47. The summed E-state index contributed by atoms with van der Waals surface area (Å²) in [5.74, 6) is -1.09. The standard InChI is InChI=1S/C18H17F2NO3/c1-2-21(18(22)12-7-8-14(19)15(20)9-12)10-13-11-23-16-5-3-4-6-17(16)24-13/h3-9,13H,2,10-11H2,1H3. The molecule has 0 spiro atoms. The smallest absolute Gasteiger partial charge is 0.254 e. The van der Waals surface area contributed by atoms with Crippen LogP contribution in [0.2, 0.25) is 0 Å². The van der Waals surface area contributed by atoms with Crippen LogP contribution in [0.4, 0.5) is 8.78 Å². The van der Waals surface area contributed by atoms with E-state index in [1.807, 2.05) is 25.1 Å². The van der Waals surface area contributed by atoms with Crippen molar-refractivity contribution in [3.8, 4) is 11.5 Å². The Balaban J connectivity index is 1.71. The van der Waals surface area contributed by atoms with Crippen molar-refractivity contribution in [1.82, 2.24) is 4.90 Å². The van der Waals surface area contributed by atoms with Crippen LogP contribution in [0.15, 0.2) is 42.5 Å². The molecule has 1 atom stereocenters. The summed E-state index contributed by atoms with van der Waals surface area (Å²) in [6.45, 7) is 2.84. The normalized spacial score (nSPS) is 15.9. The van der Waals surface area contributed by atoms with Gasteiger partial charge in [0.15, 0.2) is 29.2 Å². The molecule has 1 unspecified atom stereocenters. The number of para-hydroxylation sites is 2. The summed E-state index contributed by atoms with van der Waals surface area (Å²) < 4.78 is 37.8. The van der Waals surface area contributed by atoms with Crippen LogP contribution in [0.3, 0.4) is 0 Å². The molecule has 1 heterocycles. The van der Waals surface area contributed by atoms with Crippen LogP contribution < -0.4 is 9.47 Å². The molecule has 0 bridgehead atoms. The number of carbonyl (C=O) groups excluding carboxylic acids is 1. The van der Waals surface area contributed by atoms with E-state index in [2.05, 4.69) is 0 Å². The number of hydrogen-bond donors (Lipinski definition) is 0. The highest BCUT2D eigenvalue weighted by Gasteiger charge is 2.25. The topological polar surface area (TPSA) is 38.8 Å². The van der Waals surface area contributed by atoms with E-state index in [1.165, 1.54) is 11.0 Å². The number of hydrogen-bond acceptors (Lipinski definition) is 3. The fourth-order valence-electron chi connectivity index (χ4n) is 2.57. The molecular weight excluding hydrogens is 316 g/mol. The maximum absolute atomic E-state index is 13.3. The fraction of sp³-hybridized carbons (Fsp3) is 0.278. The van der Waals surface area contributed by atoms with Gasteiger partial charge in [-0.15, -0.1) is 0 Å². The highest BCUT2D eigenvalue weighted by molar-refractivity contribution is 5.94. The molecule has 0 fully saturated rings. The van der Waals surface area contributed by atoms with Crippen molar-refractivity contribution in [2.45, 2.75) is 13.0 Å². The quantitative estimate of drug-likeness (QED) is 0.862. The summed E-state index contributed by atoms with van der Waals surface area (Å²) in [7, 11) is 0. The Morgan fingerprint density at radius 2 is 1.92 bits per heavy atom. The first-order chi connectivity index (χ1) is 11.6. The van der Waals surface area contributed by atoms with E-state index < -0.39 is 11.6 Å². The van der Waals surface area contributed by atoms with E-state index in [4.69, 9.17) is 9.47 Å². The summed E-state index contributed by atoms with van der Waals surface area (Å²) >= 11 is 0. The monoisotopic (exact) mass is 333 g/mol. The van der Waals surface area contributed by atoms with E-state index in [0.29, 0.717) is 31.2 Å². The Hall–Kier alpha value is -2.63. The molecule has 0 radical (unpaired) electrons. The number of halogens is 2. The minimum atomic E-state index is -1.04. The maximum Gasteiger partial charge on any atom is 0.254 e. The lowest BCUT2D eigenvalue weighted by Crippen LogP contribution is -2.43. The lowest BCUT2D eigenvalue weighted by Gasteiger charge is -2.31. The van der Waals surface area contributed by atoms with Gasteiger partial charge in [0, 0.05) is 12.1 Å². The number of rotatable bonds is 4. The van der Waals surface area contributed by atoms with Crippen LogP contribution in [0.1, 0.15) is 17.3 Å². The van der Waals surface area contributed by atoms with Crippen molar-refractivity contribution < 1.29 is 23.0 Å². The third-order valence-electron chi connectivity index (χ3n) is 3.83. The van der Waals surface area contributed by atoms with Gasteiger partial charge < -0.3 is 14.4 Å². The molecule has 0 aliphatic carbocycles. The van der Waals surface area contributed by atoms with Gasteiger partial charge in [0.25, 0.3) is 5.91 Å². The predicted molar refractivity (Wildman–Crippen MR) is 84.3 cm³/mol. The van der Waals surface area contributed by atoms with Crippen molar-refractivity contribution in [3.05, 3.63) is 59.7 Å². The van der Waals surface area contributed by atoms with Crippen molar-refractivity contribution in [2.75, 3.05) is 19.7 Å². The fourth-order valence-corrected chi connectivity index (χ4v) is 2.57. The molecule has 4 nitrogen and oxygen atoms in total. The zero-order valence-electron chi connectivity index (χ0n) is 13.2. The van der Waals surface area contributed by atoms with Crippen LogP contribution in [0.5, 0.6) is 11.5 Å². The van der Waals surface area contributed by atoms with Gasteiger partial charge in [-0.25, -0.2) is 8.78 Å². The minimum absolute atomic E-state index is 0.105. The first kappa shape index (κ1) is 16.2. The molecule has 1 amide bonds. The lowest BCUT2D eigenvalue weighted by molar-refractivity contribution is 0.0474. The highest BCUT2D eigenvalue weighted by atomic mass is 19.2. The lowest BCUT2D eigenvalue weighted by atomic mass is 10.1. The van der Waals surface area contributed by atoms with Crippen LogP contribution >= 0.6 is 0 Å². The number of carbonyl (C=O) groups is 1. The molecule has 1 aliphatic rings. The average molecular weight is 333 g/mol. The Labute approximate surface area is 138 Å². The number of nitrogens with zero attached hydrogens (tertiary/aromatic N) is 1. The summed E-state index contributed by atoms with van der Waals surface area (Å²) in [4.78, 5) is 14.0. The minimum Gasteiger partial charge on any atom is -0.486 e. The molecule has 0 aromatic heterocycles. The van der Waals surface area contributed by atoms with Crippen LogP contribution in [-0.2, 0) is 0 Å². The Morgan fingerprint density at radius 1 is 1.17 bits per heavy atom. The van der Waals surface area contributed by atoms with Crippen LogP contribution in [0.25, 0.3) is 0 Å². The van der Waals surface area contributed by atoms with Gasteiger partial charge >= 0.3 is 0 Å². The van der Waals surface area contributed by atoms with Crippen molar-refractivity contribution in [2.24, 2.45) is 0 Å². The second kappa shape index (κ2) is 6.86. The number of amides is 1. The Morgan fingerprint density at radius 3 is 2.62 bits per heavy atom. The third kappa shape index (κ3) is 3.32. The van der Waals surface area contributed by atoms with Gasteiger partial charge in [0.1, 0.15) is 6.61 Å². The SMILES string of the molecule is CCN(CC1COc2ccccc2O1)C(=O)c1ccc(F)c(F)c1. The first-order valence-electron chi connectivity index (χ1n) is 7.71. The van der Waals surface area contributed by atoms with Crippen molar-refractivity contribution >= 4 is 5.91 Å². The summed E-state index contributed by atoms with van der Waals surface area (Å²) in [6, 6.07) is 10.4. The predicted octanol–water partition coefficient (Wildman–Crippen LogP) is 3.27. The van der Waals surface area contributed by atoms with Crippen molar-refractivity contribution in [3.63, 3.8) is 0 Å². The summed E-state index contributed by atoms with van der Waals surface area (Å²) in [6.07, 6.45) is -0.325. The van der Waals surface area contributed by atoms with Gasteiger partial charge in [-0.1, -0.05) is 12.1 Å². The third-order valence-corrected chi connectivity index (χ3v) is 3.83. The highest BCUT2D eigenvalue weighted by Crippen LogP contribution is 2.31. The van der Waals surface area contributed by atoms with E-state index in [9.17, 15) is 13.6 Å². The zero-order valence-corrected chi connectivity index (χ0v) is 13.2. The first-order valence-corrected chi connectivity index (χ1v) is 7.71. The Kier molecular flexibility index (Phi) is 4.64. The van der Waals surface area contributed by atoms with Gasteiger partial charge in [-0.05, 0) is 37.3 Å². The largest absolute Gasteiger partial charge is 0.486 e. The average Bonchev–Trinajstić information content (AvgIpc) is 2.61.